The number of alkyl halides is 1. The van der Waals surface area contributed by atoms with Gasteiger partial charge in [-0.1, -0.05) is 12.1 Å². The minimum atomic E-state index is -0.391. The number of hydrogen-bond acceptors (Lipinski definition) is 2. The molecule has 1 aliphatic heterocycles. The van der Waals surface area contributed by atoms with E-state index < -0.39 is 6.67 Å². The molecule has 2 aliphatic rings. The Bertz CT molecular complexity index is 788. The van der Waals surface area contributed by atoms with Crippen molar-refractivity contribution in [2.24, 2.45) is 11.8 Å². The molecule has 0 bridgehead atoms. The van der Waals surface area contributed by atoms with Crippen LogP contribution < -0.4 is 5.69 Å². The Labute approximate surface area is 133 Å². The molecule has 2 fully saturated rings. The molecule has 4 rings (SSSR count). The van der Waals surface area contributed by atoms with Gasteiger partial charge in [0.05, 0.1) is 17.7 Å². The Morgan fingerprint density at radius 3 is 2.70 bits per heavy atom. The van der Waals surface area contributed by atoms with Gasteiger partial charge in [0.2, 0.25) is 5.91 Å². The summed E-state index contributed by atoms with van der Waals surface area (Å²) in [5, 5.41) is 0. The van der Waals surface area contributed by atoms with Crippen LogP contribution in [0.15, 0.2) is 29.1 Å². The number of nitrogens with one attached hydrogen (secondary N) is 1. The molecule has 6 heteroatoms. The van der Waals surface area contributed by atoms with Crippen molar-refractivity contribution in [2.45, 2.75) is 25.3 Å². The minimum absolute atomic E-state index is 0.0588. The molecule has 1 aromatic heterocycles. The van der Waals surface area contributed by atoms with E-state index >= 15 is 0 Å². The summed E-state index contributed by atoms with van der Waals surface area (Å²) < 4.78 is 14.4. The number of aromatic amines is 1. The van der Waals surface area contributed by atoms with Crippen molar-refractivity contribution in [2.75, 3.05) is 19.8 Å². The number of fused-ring (bicyclic) bond motifs is 1. The van der Waals surface area contributed by atoms with E-state index in [1.807, 2.05) is 33.7 Å². The number of H-pyrrole nitrogens is 1. The number of imidazole rings is 1. The standard InChI is InChI=1S/C17H20FN3O2/c18-10-11-9-13(11)16(22)20-7-5-12(6-8-20)21-15-4-2-1-3-14(15)19-17(21)23/h1-4,11-13H,5-10H2,(H,19,23). The number of para-hydroxylation sites is 2. The molecule has 1 saturated heterocycles. The number of likely N-dealkylation sites (tertiary alicyclic amines) is 1. The average Bonchev–Trinajstić information content (AvgIpc) is 3.29. The van der Waals surface area contributed by atoms with E-state index in [4.69, 9.17) is 0 Å². The molecule has 1 saturated carbocycles. The van der Waals surface area contributed by atoms with Crippen LogP contribution >= 0.6 is 0 Å². The number of carbonyl (C=O) groups is 1. The van der Waals surface area contributed by atoms with Gasteiger partial charge >= 0.3 is 5.69 Å². The zero-order chi connectivity index (χ0) is 16.0. The Balaban J connectivity index is 1.48. The fraction of sp³-hybridized carbons (Fsp3) is 0.529. The number of benzene rings is 1. The Morgan fingerprint density at radius 1 is 1.26 bits per heavy atom. The summed E-state index contributed by atoms with van der Waals surface area (Å²) in [7, 11) is 0. The maximum absolute atomic E-state index is 12.6. The summed E-state index contributed by atoms with van der Waals surface area (Å²) in [5.74, 6) is -0.0683. The lowest BCUT2D eigenvalue weighted by Gasteiger charge is -2.32. The molecule has 2 unspecified atom stereocenters. The summed E-state index contributed by atoms with van der Waals surface area (Å²) in [6.07, 6.45) is 2.22. The number of halogens is 1. The highest BCUT2D eigenvalue weighted by molar-refractivity contribution is 5.81. The van der Waals surface area contributed by atoms with Crippen LogP contribution in [0, 0.1) is 11.8 Å². The van der Waals surface area contributed by atoms with Crippen molar-refractivity contribution in [1.82, 2.24) is 14.5 Å². The summed E-state index contributed by atoms with van der Waals surface area (Å²) in [4.78, 5) is 29.3. The third kappa shape index (κ3) is 2.46. The molecule has 1 aromatic carbocycles. The first-order valence-corrected chi connectivity index (χ1v) is 8.23. The van der Waals surface area contributed by atoms with Crippen LogP contribution in [0.4, 0.5) is 4.39 Å². The molecular formula is C17H20FN3O2. The molecule has 5 nitrogen and oxygen atoms in total. The number of piperidine rings is 1. The largest absolute Gasteiger partial charge is 0.342 e. The molecule has 2 aromatic rings. The number of nitrogens with zero attached hydrogens (tertiary/aromatic N) is 2. The van der Waals surface area contributed by atoms with Crippen LogP contribution in [-0.2, 0) is 4.79 Å². The normalized spacial score (nSPS) is 25.0. The van der Waals surface area contributed by atoms with Crippen LogP contribution in [-0.4, -0.2) is 40.1 Å². The lowest BCUT2D eigenvalue weighted by molar-refractivity contribution is -0.134. The monoisotopic (exact) mass is 317 g/mol. The van der Waals surface area contributed by atoms with E-state index in [0.29, 0.717) is 19.5 Å². The fourth-order valence-electron chi connectivity index (χ4n) is 3.74. The quantitative estimate of drug-likeness (QED) is 0.942. The lowest BCUT2D eigenvalue weighted by atomic mass is 10.0. The van der Waals surface area contributed by atoms with Crippen LogP contribution in [0.1, 0.15) is 25.3 Å². The highest BCUT2D eigenvalue weighted by Crippen LogP contribution is 2.41. The van der Waals surface area contributed by atoms with Gasteiger partial charge < -0.3 is 9.88 Å². The second-order valence-electron chi connectivity index (χ2n) is 6.63. The zero-order valence-electron chi connectivity index (χ0n) is 12.9. The molecule has 1 aliphatic carbocycles. The highest BCUT2D eigenvalue weighted by Gasteiger charge is 2.45. The lowest BCUT2D eigenvalue weighted by Crippen LogP contribution is -2.41. The van der Waals surface area contributed by atoms with Crippen LogP contribution in [0.3, 0.4) is 0 Å². The van der Waals surface area contributed by atoms with Crippen molar-refractivity contribution >= 4 is 16.9 Å². The molecule has 0 spiro atoms. The Hall–Kier alpha value is -2.11. The summed E-state index contributed by atoms with van der Waals surface area (Å²) in [5.41, 5.74) is 1.68. The number of amides is 1. The molecule has 0 radical (unpaired) electrons. The van der Waals surface area contributed by atoms with Gasteiger partial charge in [-0.15, -0.1) is 0 Å². The average molecular weight is 317 g/mol. The number of aromatic nitrogens is 2. The predicted molar refractivity (Wildman–Crippen MR) is 85.0 cm³/mol. The van der Waals surface area contributed by atoms with E-state index in [-0.39, 0.29) is 29.5 Å². The molecular weight excluding hydrogens is 297 g/mol. The van der Waals surface area contributed by atoms with E-state index in [9.17, 15) is 14.0 Å². The third-order valence-corrected chi connectivity index (χ3v) is 5.20. The van der Waals surface area contributed by atoms with Gasteiger partial charge in [-0.3, -0.25) is 13.8 Å². The van der Waals surface area contributed by atoms with Gasteiger partial charge in [0.1, 0.15) is 0 Å². The number of hydrogen-bond donors (Lipinski definition) is 1. The van der Waals surface area contributed by atoms with E-state index in [0.717, 1.165) is 23.9 Å². The van der Waals surface area contributed by atoms with Crippen molar-refractivity contribution < 1.29 is 9.18 Å². The second-order valence-corrected chi connectivity index (χ2v) is 6.63. The van der Waals surface area contributed by atoms with Crippen molar-refractivity contribution in [3.8, 4) is 0 Å². The Morgan fingerprint density at radius 2 is 2.00 bits per heavy atom. The molecule has 23 heavy (non-hydrogen) atoms. The molecule has 1 N–H and O–H groups in total. The smallest absolute Gasteiger partial charge is 0.326 e. The van der Waals surface area contributed by atoms with Gasteiger partial charge in [-0.05, 0) is 37.3 Å². The van der Waals surface area contributed by atoms with Crippen LogP contribution in [0.2, 0.25) is 0 Å². The maximum Gasteiger partial charge on any atom is 0.326 e. The first-order valence-electron chi connectivity index (χ1n) is 8.23. The van der Waals surface area contributed by atoms with Gasteiger partial charge in [0.25, 0.3) is 0 Å². The van der Waals surface area contributed by atoms with E-state index in [1.54, 1.807) is 0 Å². The number of rotatable bonds is 3. The van der Waals surface area contributed by atoms with Gasteiger partial charge in [-0.25, -0.2) is 4.79 Å². The summed E-state index contributed by atoms with van der Waals surface area (Å²) in [6.45, 7) is 0.896. The van der Waals surface area contributed by atoms with Crippen molar-refractivity contribution in [3.63, 3.8) is 0 Å². The predicted octanol–water partition coefficient (Wildman–Crippen LogP) is 2.10. The fourth-order valence-corrected chi connectivity index (χ4v) is 3.74. The summed E-state index contributed by atoms with van der Waals surface area (Å²) in [6, 6.07) is 7.78. The first-order chi connectivity index (χ1) is 11.2. The second kappa shape index (κ2) is 5.51. The van der Waals surface area contributed by atoms with Crippen molar-refractivity contribution in [1.29, 1.82) is 0 Å². The van der Waals surface area contributed by atoms with Crippen LogP contribution in [0.25, 0.3) is 11.0 Å². The SMILES string of the molecule is O=C(C1CC1CF)N1CCC(n2c(=O)[nH]c3ccccc32)CC1. The zero-order valence-corrected chi connectivity index (χ0v) is 12.9. The van der Waals surface area contributed by atoms with Gasteiger partial charge in [0.15, 0.2) is 0 Å². The minimum Gasteiger partial charge on any atom is -0.342 e. The molecule has 2 heterocycles. The van der Waals surface area contributed by atoms with Crippen molar-refractivity contribution in [3.05, 3.63) is 34.7 Å². The highest BCUT2D eigenvalue weighted by atomic mass is 19.1. The topological polar surface area (TPSA) is 58.1 Å². The maximum atomic E-state index is 12.6. The van der Waals surface area contributed by atoms with E-state index in [1.165, 1.54) is 0 Å². The Kier molecular flexibility index (Phi) is 3.47. The van der Waals surface area contributed by atoms with Crippen LogP contribution in [0.5, 0.6) is 0 Å². The molecule has 2 atom stereocenters. The molecule has 1 amide bonds. The third-order valence-electron chi connectivity index (χ3n) is 5.20. The molecule has 122 valence electrons. The summed E-state index contributed by atoms with van der Waals surface area (Å²) >= 11 is 0. The number of carbonyl (C=O) groups excluding carboxylic acids is 1. The van der Waals surface area contributed by atoms with E-state index in [2.05, 4.69) is 4.98 Å². The first kappa shape index (κ1) is 14.5. The van der Waals surface area contributed by atoms with Gasteiger partial charge in [-0.2, -0.15) is 0 Å². The van der Waals surface area contributed by atoms with Gasteiger partial charge in [0, 0.05) is 25.0 Å².